The van der Waals surface area contributed by atoms with Gasteiger partial charge in [0.25, 0.3) is 0 Å². The Morgan fingerprint density at radius 2 is 2.00 bits per heavy atom. The van der Waals surface area contributed by atoms with Gasteiger partial charge in [-0.2, -0.15) is 0 Å². The number of thiophene rings is 1. The van der Waals surface area contributed by atoms with Crippen molar-refractivity contribution in [3.05, 3.63) is 52.0 Å². The number of nitrogens with zero attached hydrogens (tertiary/aromatic N) is 1. The molecule has 19 heavy (non-hydrogen) atoms. The van der Waals surface area contributed by atoms with E-state index < -0.39 is 5.97 Å². The quantitative estimate of drug-likeness (QED) is 0.851. The van der Waals surface area contributed by atoms with Gasteiger partial charge in [0.05, 0.1) is 6.42 Å². The average molecular weight is 276 g/mol. The Morgan fingerprint density at radius 1 is 1.32 bits per heavy atom. The zero-order chi connectivity index (χ0) is 13.7. The molecule has 0 fully saturated rings. The van der Waals surface area contributed by atoms with Gasteiger partial charge in [0, 0.05) is 34.7 Å². The van der Waals surface area contributed by atoms with Crippen LogP contribution in [-0.4, -0.2) is 16.1 Å². The monoisotopic (exact) mass is 276 g/mol. The van der Waals surface area contributed by atoms with E-state index in [1.54, 1.807) is 23.7 Å². The summed E-state index contributed by atoms with van der Waals surface area (Å²) in [6.45, 7) is 2.84. The lowest BCUT2D eigenvalue weighted by atomic mass is 10.1. The Hall–Kier alpha value is -1.72. The maximum atomic E-state index is 10.6. The molecular formula is C14H16N2O2S. The zero-order valence-electron chi connectivity index (χ0n) is 10.7. The number of carbonyl (C=O) groups is 1. The summed E-state index contributed by atoms with van der Waals surface area (Å²) in [6.07, 6.45) is 3.66. The van der Waals surface area contributed by atoms with Crippen molar-refractivity contribution >= 4 is 17.3 Å². The third kappa shape index (κ3) is 4.15. The van der Waals surface area contributed by atoms with E-state index in [0.29, 0.717) is 0 Å². The maximum absolute atomic E-state index is 10.6. The van der Waals surface area contributed by atoms with Crippen LogP contribution in [0.1, 0.15) is 28.3 Å². The first-order chi connectivity index (χ1) is 9.15. The first-order valence-corrected chi connectivity index (χ1v) is 6.89. The number of hydrogen-bond donors (Lipinski definition) is 2. The van der Waals surface area contributed by atoms with Crippen LogP contribution in [0, 0.1) is 0 Å². The molecule has 0 radical (unpaired) electrons. The van der Waals surface area contributed by atoms with Crippen molar-refractivity contribution in [2.75, 3.05) is 0 Å². The summed E-state index contributed by atoms with van der Waals surface area (Å²) in [7, 11) is 0. The minimum atomic E-state index is -0.786. The van der Waals surface area contributed by atoms with Crippen LogP contribution in [0.5, 0.6) is 0 Å². The van der Waals surface area contributed by atoms with E-state index in [4.69, 9.17) is 5.11 Å². The van der Waals surface area contributed by atoms with Gasteiger partial charge in [-0.15, -0.1) is 11.3 Å². The highest BCUT2D eigenvalue weighted by atomic mass is 32.1. The van der Waals surface area contributed by atoms with Gasteiger partial charge in [0.1, 0.15) is 0 Å². The normalized spacial score (nSPS) is 12.3. The number of hydrogen-bond acceptors (Lipinski definition) is 4. The molecule has 100 valence electrons. The third-order valence-electron chi connectivity index (χ3n) is 2.83. The molecule has 0 aliphatic rings. The van der Waals surface area contributed by atoms with Gasteiger partial charge in [-0.1, -0.05) is 0 Å². The molecule has 0 saturated heterocycles. The number of carboxylic acid groups (broad SMARTS) is 1. The van der Waals surface area contributed by atoms with Crippen LogP contribution in [0.25, 0.3) is 0 Å². The lowest BCUT2D eigenvalue weighted by Gasteiger charge is -2.12. The summed E-state index contributed by atoms with van der Waals surface area (Å²) in [5.74, 6) is -0.786. The molecule has 0 bridgehead atoms. The van der Waals surface area contributed by atoms with E-state index in [1.807, 2.05) is 24.3 Å². The second kappa shape index (κ2) is 6.45. The molecular weight excluding hydrogens is 260 g/mol. The Balaban J connectivity index is 1.88. The van der Waals surface area contributed by atoms with Crippen molar-refractivity contribution in [1.29, 1.82) is 0 Å². The third-order valence-corrected chi connectivity index (χ3v) is 3.92. The Labute approximate surface area is 116 Å². The van der Waals surface area contributed by atoms with Crippen LogP contribution in [0.2, 0.25) is 0 Å². The molecule has 2 rings (SSSR count). The molecule has 4 nitrogen and oxygen atoms in total. The summed E-state index contributed by atoms with van der Waals surface area (Å²) in [4.78, 5) is 16.6. The van der Waals surface area contributed by atoms with Gasteiger partial charge in [-0.3, -0.25) is 9.78 Å². The molecule has 5 heteroatoms. The minimum absolute atomic E-state index is 0.102. The standard InChI is InChI=1S/C14H16N2O2S/c1-10(11-4-6-15-7-5-11)16-9-13-3-2-12(19-13)8-14(17)18/h2-7,10,16H,8-9H2,1H3,(H,17,18)/t10-/m1/s1. The molecule has 0 aromatic carbocycles. The summed E-state index contributed by atoms with van der Waals surface area (Å²) in [6, 6.07) is 8.08. The van der Waals surface area contributed by atoms with Crippen LogP contribution < -0.4 is 5.32 Å². The molecule has 0 unspecified atom stereocenters. The second-order valence-corrected chi connectivity index (χ2v) is 5.57. The molecule has 2 aromatic heterocycles. The first-order valence-electron chi connectivity index (χ1n) is 6.08. The molecule has 2 heterocycles. The smallest absolute Gasteiger partial charge is 0.308 e. The SMILES string of the molecule is C[C@@H](NCc1ccc(CC(=O)O)s1)c1ccncc1. The molecule has 0 aliphatic carbocycles. The van der Waals surface area contributed by atoms with Crippen LogP contribution in [-0.2, 0) is 17.8 Å². The van der Waals surface area contributed by atoms with E-state index in [-0.39, 0.29) is 12.5 Å². The molecule has 0 aliphatic heterocycles. The van der Waals surface area contributed by atoms with Crippen LogP contribution >= 0.6 is 11.3 Å². The Kier molecular flexibility index (Phi) is 4.65. The Morgan fingerprint density at radius 3 is 2.68 bits per heavy atom. The van der Waals surface area contributed by atoms with E-state index in [2.05, 4.69) is 17.2 Å². The summed E-state index contributed by atoms with van der Waals surface area (Å²) < 4.78 is 0. The highest BCUT2D eigenvalue weighted by Gasteiger charge is 2.07. The lowest BCUT2D eigenvalue weighted by molar-refractivity contribution is -0.136. The number of carboxylic acids is 1. The van der Waals surface area contributed by atoms with Crippen molar-refractivity contribution in [2.45, 2.75) is 25.9 Å². The minimum Gasteiger partial charge on any atom is -0.481 e. The van der Waals surface area contributed by atoms with Crippen LogP contribution in [0.4, 0.5) is 0 Å². The van der Waals surface area contributed by atoms with Gasteiger partial charge in [-0.05, 0) is 36.8 Å². The molecule has 0 saturated carbocycles. The molecule has 2 aromatic rings. The van der Waals surface area contributed by atoms with Crippen molar-refractivity contribution in [2.24, 2.45) is 0 Å². The van der Waals surface area contributed by atoms with E-state index in [0.717, 1.165) is 16.3 Å². The van der Waals surface area contributed by atoms with Crippen molar-refractivity contribution < 1.29 is 9.90 Å². The van der Waals surface area contributed by atoms with E-state index >= 15 is 0 Å². The van der Waals surface area contributed by atoms with Gasteiger partial charge in [0.2, 0.25) is 0 Å². The van der Waals surface area contributed by atoms with Crippen molar-refractivity contribution in [1.82, 2.24) is 10.3 Å². The van der Waals surface area contributed by atoms with Gasteiger partial charge >= 0.3 is 5.97 Å². The fourth-order valence-corrected chi connectivity index (χ4v) is 2.75. The Bertz CT molecular complexity index is 539. The van der Waals surface area contributed by atoms with Crippen molar-refractivity contribution in [3.63, 3.8) is 0 Å². The van der Waals surface area contributed by atoms with E-state index in [1.165, 1.54) is 5.56 Å². The van der Waals surface area contributed by atoms with Gasteiger partial charge in [-0.25, -0.2) is 0 Å². The fraction of sp³-hybridized carbons (Fsp3) is 0.286. The number of aromatic nitrogens is 1. The lowest BCUT2D eigenvalue weighted by Crippen LogP contribution is -2.17. The second-order valence-electron chi connectivity index (χ2n) is 4.32. The van der Waals surface area contributed by atoms with Gasteiger partial charge < -0.3 is 10.4 Å². The average Bonchev–Trinajstić information content (AvgIpc) is 2.84. The zero-order valence-corrected chi connectivity index (χ0v) is 11.5. The fourth-order valence-electron chi connectivity index (χ4n) is 1.79. The highest BCUT2D eigenvalue weighted by molar-refractivity contribution is 7.12. The van der Waals surface area contributed by atoms with Crippen LogP contribution in [0.15, 0.2) is 36.7 Å². The molecule has 2 N–H and O–H groups in total. The summed E-state index contributed by atoms with van der Waals surface area (Å²) in [5, 5.41) is 12.1. The number of rotatable bonds is 6. The predicted octanol–water partition coefficient (Wildman–Crippen LogP) is 2.62. The highest BCUT2D eigenvalue weighted by Crippen LogP contribution is 2.18. The summed E-state index contributed by atoms with van der Waals surface area (Å²) >= 11 is 1.54. The largest absolute Gasteiger partial charge is 0.481 e. The summed E-state index contributed by atoms with van der Waals surface area (Å²) in [5.41, 5.74) is 1.19. The molecule has 0 spiro atoms. The topological polar surface area (TPSA) is 62.2 Å². The number of nitrogens with one attached hydrogen (secondary N) is 1. The van der Waals surface area contributed by atoms with Crippen molar-refractivity contribution in [3.8, 4) is 0 Å². The maximum Gasteiger partial charge on any atom is 0.308 e. The van der Waals surface area contributed by atoms with E-state index in [9.17, 15) is 4.79 Å². The van der Waals surface area contributed by atoms with Gasteiger partial charge in [0.15, 0.2) is 0 Å². The molecule has 0 amide bonds. The predicted molar refractivity (Wildman–Crippen MR) is 75.2 cm³/mol. The number of pyridine rings is 1. The van der Waals surface area contributed by atoms with Crippen LogP contribution in [0.3, 0.4) is 0 Å². The number of aliphatic carboxylic acids is 1. The first kappa shape index (κ1) is 13.7. The molecule has 1 atom stereocenters.